The van der Waals surface area contributed by atoms with E-state index in [1.807, 2.05) is 47.0 Å². The molecule has 5 heteroatoms. The predicted molar refractivity (Wildman–Crippen MR) is 79.9 cm³/mol. The van der Waals surface area contributed by atoms with Gasteiger partial charge in [0.15, 0.2) is 0 Å². The number of nitrogens with zero attached hydrogens (tertiary/aromatic N) is 2. The van der Waals surface area contributed by atoms with Crippen molar-refractivity contribution in [1.29, 1.82) is 0 Å². The maximum atomic E-state index is 6.16. The second-order valence-electron chi connectivity index (χ2n) is 4.03. The van der Waals surface area contributed by atoms with Crippen LogP contribution in [0.5, 0.6) is 5.75 Å². The number of ether oxygens (including phenoxy) is 1. The van der Waals surface area contributed by atoms with Crippen LogP contribution in [0.15, 0.2) is 47.2 Å². The highest BCUT2D eigenvalue weighted by atomic mass is 79.9. The molecule has 0 unspecified atom stereocenters. The fourth-order valence-electron chi connectivity index (χ4n) is 2.01. The largest absolute Gasteiger partial charge is 0.495 e. The molecule has 0 saturated carbocycles. The van der Waals surface area contributed by atoms with Crippen molar-refractivity contribution in [3.8, 4) is 17.1 Å². The first kappa shape index (κ1) is 12.5. The number of fused-ring (bicyclic) bond motifs is 1. The highest BCUT2D eigenvalue weighted by molar-refractivity contribution is 9.10. The van der Waals surface area contributed by atoms with Crippen molar-refractivity contribution in [2.75, 3.05) is 7.11 Å². The van der Waals surface area contributed by atoms with Gasteiger partial charge in [0.1, 0.15) is 16.2 Å². The van der Waals surface area contributed by atoms with Gasteiger partial charge in [-0.2, -0.15) is 0 Å². The summed E-state index contributed by atoms with van der Waals surface area (Å²) in [6.45, 7) is 0. The van der Waals surface area contributed by atoms with Gasteiger partial charge in [-0.15, -0.1) is 0 Å². The predicted octanol–water partition coefficient (Wildman–Crippen LogP) is 4.43. The molecule has 3 rings (SSSR count). The second kappa shape index (κ2) is 4.87. The lowest BCUT2D eigenvalue weighted by molar-refractivity contribution is 0.415. The van der Waals surface area contributed by atoms with Crippen LogP contribution in [0.1, 0.15) is 0 Å². The molecule has 0 N–H and O–H groups in total. The van der Waals surface area contributed by atoms with E-state index in [0.29, 0.717) is 10.8 Å². The quantitative estimate of drug-likeness (QED) is 0.692. The maximum Gasteiger partial charge on any atom is 0.145 e. The second-order valence-corrected chi connectivity index (χ2v) is 5.19. The number of hydrogen-bond donors (Lipinski definition) is 0. The Balaban J connectivity index is 2.22. The van der Waals surface area contributed by atoms with E-state index in [1.54, 1.807) is 7.11 Å². The average molecular weight is 338 g/mol. The average Bonchev–Trinajstić information content (AvgIpc) is 2.77. The van der Waals surface area contributed by atoms with Crippen molar-refractivity contribution in [3.63, 3.8) is 0 Å². The van der Waals surface area contributed by atoms with E-state index < -0.39 is 0 Å². The maximum absolute atomic E-state index is 6.16. The molecule has 3 nitrogen and oxygen atoms in total. The molecule has 0 aliphatic carbocycles. The third kappa shape index (κ3) is 2.11. The minimum Gasteiger partial charge on any atom is -0.495 e. The zero-order valence-electron chi connectivity index (χ0n) is 10.1. The summed E-state index contributed by atoms with van der Waals surface area (Å²) in [5.74, 6) is 1.50. The zero-order valence-corrected chi connectivity index (χ0v) is 12.4. The Morgan fingerprint density at radius 3 is 2.84 bits per heavy atom. The molecule has 0 aliphatic heterocycles. The van der Waals surface area contributed by atoms with Gasteiger partial charge in [0.2, 0.25) is 0 Å². The Labute approximate surface area is 123 Å². The molecule has 3 aromatic rings. The van der Waals surface area contributed by atoms with Gasteiger partial charge >= 0.3 is 0 Å². The van der Waals surface area contributed by atoms with Crippen molar-refractivity contribution in [1.82, 2.24) is 9.38 Å². The molecule has 0 amide bonds. The van der Waals surface area contributed by atoms with Gasteiger partial charge in [0, 0.05) is 11.8 Å². The molecule has 2 aromatic heterocycles. The van der Waals surface area contributed by atoms with E-state index in [0.717, 1.165) is 21.5 Å². The van der Waals surface area contributed by atoms with Gasteiger partial charge in [-0.05, 0) is 46.3 Å². The molecule has 1 aromatic carbocycles. The van der Waals surface area contributed by atoms with E-state index >= 15 is 0 Å². The van der Waals surface area contributed by atoms with Crippen LogP contribution in [0.4, 0.5) is 0 Å². The minimum atomic E-state index is 0.573. The first-order valence-corrected chi connectivity index (χ1v) is 6.84. The summed E-state index contributed by atoms with van der Waals surface area (Å²) in [6.07, 6.45) is 1.97. The topological polar surface area (TPSA) is 26.5 Å². The Bertz CT molecular complexity index is 754. The number of pyridine rings is 1. The van der Waals surface area contributed by atoms with Gasteiger partial charge in [-0.25, -0.2) is 4.98 Å². The van der Waals surface area contributed by atoms with Crippen LogP contribution in [-0.2, 0) is 0 Å². The normalized spacial score (nSPS) is 10.9. The number of imidazole rings is 1. The molecule has 0 fully saturated rings. The molecule has 0 spiro atoms. The molecule has 2 heterocycles. The molecule has 19 heavy (non-hydrogen) atoms. The SMILES string of the molecule is COc1ccc(-c2nc(Br)c3ccccn23)cc1Cl. The number of methoxy groups -OCH3 is 1. The molecule has 0 bridgehead atoms. The van der Waals surface area contributed by atoms with Gasteiger partial charge in [-0.3, -0.25) is 4.40 Å². The number of benzene rings is 1. The van der Waals surface area contributed by atoms with Crippen LogP contribution in [0.3, 0.4) is 0 Å². The highest BCUT2D eigenvalue weighted by Gasteiger charge is 2.12. The van der Waals surface area contributed by atoms with Crippen molar-refractivity contribution in [2.24, 2.45) is 0 Å². The monoisotopic (exact) mass is 336 g/mol. The van der Waals surface area contributed by atoms with E-state index in [-0.39, 0.29) is 0 Å². The molecule has 0 radical (unpaired) electrons. The zero-order chi connectivity index (χ0) is 13.4. The number of aromatic nitrogens is 2. The third-order valence-electron chi connectivity index (χ3n) is 2.91. The Hall–Kier alpha value is -1.52. The molecular formula is C14H10BrClN2O. The fourth-order valence-corrected chi connectivity index (χ4v) is 2.76. The van der Waals surface area contributed by atoms with Crippen molar-refractivity contribution in [2.45, 2.75) is 0 Å². The van der Waals surface area contributed by atoms with Gasteiger partial charge in [0.25, 0.3) is 0 Å². The van der Waals surface area contributed by atoms with Crippen molar-refractivity contribution >= 4 is 33.0 Å². The van der Waals surface area contributed by atoms with Crippen LogP contribution < -0.4 is 4.74 Å². The molecule has 0 atom stereocenters. The molecule has 96 valence electrons. The Kier molecular flexibility index (Phi) is 3.21. The standard InChI is InChI=1S/C14H10BrClN2O/c1-19-12-6-5-9(8-10(12)16)14-17-13(15)11-4-2-3-7-18(11)14/h2-8H,1H3. The lowest BCUT2D eigenvalue weighted by Crippen LogP contribution is -1.90. The Morgan fingerprint density at radius 2 is 2.11 bits per heavy atom. The lowest BCUT2D eigenvalue weighted by Gasteiger charge is -2.05. The first-order valence-electron chi connectivity index (χ1n) is 5.67. The summed E-state index contributed by atoms with van der Waals surface area (Å²) >= 11 is 9.64. The summed E-state index contributed by atoms with van der Waals surface area (Å²) in [7, 11) is 1.60. The van der Waals surface area contributed by atoms with Crippen molar-refractivity contribution in [3.05, 3.63) is 52.2 Å². The van der Waals surface area contributed by atoms with Crippen LogP contribution in [0.25, 0.3) is 16.9 Å². The lowest BCUT2D eigenvalue weighted by atomic mass is 10.2. The third-order valence-corrected chi connectivity index (χ3v) is 3.79. The molecule has 0 aliphatic rings. The Morgan fingerprint density at radius 1 is 1.26 bits per heavy atom. The summed E-state index contributed by atoms with van der Waals surface area (Å²) in [5, 5.41) is 0.573. The van der Waals surface area contributed by atoms with E-state index in [9.17, 15) is 0 Å². The van der Waals surface area contributed by atoms with Gasteiger partial charge in [-0.1, -0.05) is 17.7 Å². The number of rotatable bonds is 2. The number of hydrogen-bond acceptors (Lipinski definition) is 2. The van der Waals surface area contributed by atoms with Crippen LogP contribution >= 0.6 is 27.5 Å². The fraction of sp³-hybridized carbons (Fsp3) is 0.0714. The smallest absolute Gasteiger partial charge is 0.145 e. The van der Waals surface area contributed by atoms with Crippen LogP contribution in [-0.4, -0.2) is 16.5 Å². The van der Waals surface area contributed by atoms with E-state index in [1.165, 1.54) is 0 Å². The van der Waals surface area contributed by atoms with E-state index in [2.05, 4.69) is 20.9 Å². The minimum absolute atomic E-state index is 0.573. The first-order chi connectivity index (χ1) is 9.20. The summed E-state index contributed by atoms with van der Waals surface area (Å²) < 4.78 is 7.99. The number of halogens is 2. The summed E-state index contributed by atoms with van der Waals surface area (Å²) in [4.78, 5) is 4.54. The van der Waals surface area contributed by atoms with Gasteiger partial charge < -0.3 is 4.74 Å². The highest BCUT2D eigenvalue weighted by Crippen LogP contribution is 2.31. The molecular weight excluding hydrogens is 328 g/mol. The van der Waals surface area contributed by atoms with E-state index in [4.69, 9.17) is 16.3 Å². The van der Waals surface area contributed by atoms with Gasteiger partial charge in [0.05, 0.1) is 17.6 Å². The van der Waals surface area contributed by atoms with Crippen LogP contribution in [0, 0.1) is 0 Å². The summed E-state index contributed by atoms with van der Waals surface area (Å²) in [5.41, 5.74) is 1.96. The van der Waals surface area contributed by atoms with Crippen LogP contribution in [0.2, 0.25) is 5.02 Å². The summed E-state index contributed by atoms with van der Waals surface area (Å²) in [6, 6.07) is 11.6. The molecule has 0 saturated heterocycles. The van der Waals surface area contributed by atoms with Crippen molar-refractivity contribution < 1.29 is 4.74 Å².